The van der Waals surface area contributed by atoms with E-state index in [0.29, 0.717) is 12.2 Å². The Morgan fingerprint density at radius 2 is 1.70 bits per heavy atom. The molecule has 2 heteroatoms. The molecule has 0 saturated heterocycles. The van der Waals surface area contributed by atoms with Crippen molar-refractivity contribution in [3.8, 4) is 5.75 Å². The van der Waals surface area contributed by atoms with Crippen molar-refractivity contribution in [3.05, 3.63) is 35.9 Å². The van der Waals surface area contributed by atoms with Crippen LogP contribution in [0.15, 0.2) is 30.3 Å². The normalized spacial score (nSPS) is 16.5. The molecule has 1 aliphatic carbocycles. The van der Waals surface area contributed by atoms with Crippen LogP contribution < -0.4 is 4.74 Å². The number of unbranched alkanes of at least 4 members (excludes halogenated alkanes) is 5. The maximum Gasteiger partial charge on any atom is 0.311 e. The third-order valence-electron chi connectivity index (χ3n) is 6.85. The Hall–Kier alpha value is -1.57. The molecule has 0 bridgehead atoms. The summed E-state index contributed by atoms with van der Waals surface area (Å²) >= 11 is 0. The Balaban J connectivity index is 1.72. The summed E-state index contributed by atoms with van der Waals surface area (Å²) in [5.74, 6) is 2.34. The Kier molecular flexibility index (Phi) is 11.9. The number of ether oxygens (including phenoxy) is 1. The van der Waals surface area contributed by atoms with Crippen molar-refractivity contribution in [3.63, 3.8) is 0 Å². The van der Waals surface area contributed by atoms with Crippen LogP contribution in [0.2, 0.25) is 0 Å². The van der Waals surface area contributed by atoms with E-state index in [4.69, 9.17) is 4.74 Å². The number of hydrogen-bond acceptors (Lipinski definition) is 2. The van der Waals surface area contributed by atoms with E-state index in [2.05, 4.69) is 39.0 Å². The number of esters is 1. The summed E-state index contributed by atoms with van der Waals surface area (Å²) in [7, 11) is 0. The quantitative estimate of drug-likeness (QED) is 0.173. The van der Waals surface area contributed by atoms with Gasteiger partial charge in [0.2, 0.25) is 0 Å². The molecule has 2 rings (SSSR count). The second-order valence-electron chi connectivity index (χ2n) is 9.15. The lowest BCUT2D eigenvalue weighted by Gasteiger charge is -2.24. The van der Waals surface area contributed by atoms with Gasteiger partial charge < -0.3 is 4.74 Å². The molecule has 2 nitrogen and oxygen atoms in total. The van der Waals surface area contributed by atoms with Gasteiger partial charge in [-0.3, -0.25) is 4.79 Å². The van der Waals surface area contributed by atoms with Crippen LogP contribution in [-0.4, -0.2) is 5.97 Å². The molecule has 0 fully saturated rings. The van der Waals surface area contributed by atoms with E-state index < -0.39 is 0 Å². The molecule has 1 unspecified atom stereocenters. The van der Waals surface area contributed by atoms with Gasteiger partial charge in [0.1, 0.15) is 5.75 Å². The monoisotopic (exact) mass is 412 g/mol. The first-order valence-corrected chi connectivity index (χ1v) is 12.7. The maximum atomic E-state index is 12.0. The Morgan fingerprint density at radius 3 is 2.33 bits per heavy atom. The van der Waals surface area contributed by atoms with Gasteiger partial charge in [0.15, 0.2) is 0 Å². The van der Waals surface area contributed by atoms with E-state index in [1.54, 1.807) is 0 Å². The molecule has 0 N–H and O–H groups in total. The Morgan fingerprint density at radius 1 is 1.00 bits per heavy atom. The zero-order chi connectivity index (χ0) is 21.6. The predicted molar refractivity (Wildman–Crippen MR) is 129 cm³/mol. The van der Waals surface area contributed by atoms with Crippen LogP contribution in [0.3, 0.4) is 0 Å². The van der Waals surface area contributed by atoms with Gasteiger partial charge in [-0.2, -0.15) is 0 Å². The van der Waals surface area contributed by atoms with Gasteiger partial charge in [0.05, 0.1) is 0 Å². The number of rotatable bonds is 14. The lowest BCUT2D eigenvalue weighted by molar-refractivity contribution is -0.134. The molecular weight excluding hydrogens is 368 g/mol. The van der Waals surface area contributed by atoms with Crippen molar-refractivity contribution in [2.45, 2.75) is 111 Å². The van der Waals surface area contributed by atoms with Gasteiger partial charge in [-0.05, 0) is 67.2 Å². The zero-order valence-electron chi connectivity index (χ0n) is 19.8. The third kappa shape index (κ3) is 9.06. The summed E-state index contributed by atoms with van der Waals surface area (Å²) in [4.78, 5) is 12.0. The number of carbonyl (C=O) groups excluding carboxylic acids is 1. The minimum Gasteiger partial charge on any atom is -0.427 e. The van der Waals surface area contributed by atoms with Crippen LogP contribution in [0.1, 0.15) is 116 Å². The first-order valence-electron chi connectivity index (χ1n) is 12.7. The van der Waals surface area contributed by atoms with Gasteiger partial charge in [-0.15, -0.1) is 0 Å². The largest absolute Gasteiger partial charge is 0.427 e. The average Bonchev–Trinajstić information content (AvgIpc) is 2.78. The summed E-state index contributed by atoms with van der Waals surface area (Å²) in [6, 6.07) is 8.14. The number of benzene rings is 1. The second-order valence-corrected chi connectivity index (χ2v) is 9.15. The van der Waals surface area contributed by atoms with Gasteiger partial charge in [0, 0.05) is 6.42 Å². The van der Waals surface area contributed by atoms with Gasteiger partial charge in [0.25, 0.3) is 0 Å². The molecule has 1 aromatic rings. The van der Waals surface area contributed by atoms with Gasteiger partial charge in [-0.25, -0.2) is 0 Å². The highest BCUT2D eigenvalue weighted by Gasteiger charge is 2.17. The fourth-order valence-electron chi connectivity index (χ4n) is 4.55. The van der Waals surface area contributed by atoms with E-state index >= 15 is 0 Å². The standard InChI is InChI=1S/C28H44O2/c1-4-7-8-9-10-11-12-28(29)30-27-21-19-26(20-22-27)25-17-15-24(16-18-25)14-13-23(5-2)6-3/h17,19-24H,4-16,18H2,1-3H3. The molecular formula is C28H44O2. The van der Waals surface area contributed by atoms with Crippen LogP contribution in [0, 0.1) is 11.8 Å². The average molecular weight is 413 g/mol. The molecule has 168 valence electrons. The number of allylic oxidation sites excluding steroid dienone is 2. The SMILES string of the molecule is CCCCCCCCC(=O)Oc1ccc(C2=CCC(CCC(CC)CC)CC2)cc1. The van der Waals surface area contributed by atoms with Crippen LogP contribution >= 0.6 is 0 Å². The first-order chi connectivity index (χ1) is 14.7. The van der Waals surface area contributed by atoms with Crippen molar-refractivity contribution >= 4 is 11.5 Å². The second kappa shape index (κ2) is 14.4. The van der Waals surface area contributed by atoms with Crippen LogP contribution in [0.5, 0.6) is 5.75 Å². The molecule has 0 aliphatic heterocycles. The van der Waals surface area contributed by atoms with E-state index in [0.717, 1.165) is 24.7 Å². The van der Waals surface area contributed by atoms with Gasteiger partial charge in [-0.1, -0.05) is 90.3 Å². The topological polar surface area (TPSA) is 26.3 Å². The van der Waals surface area contributed by atoms with E-state index in [-0.39, 0.29) is 5.97 Å². The fraction of sp³-hybridized carbons (Fsp3) is 0.679. The molecule has 30 heavy (non-hydrogen) atoms. The highest BCUT2D eigenvalue weighted by Crippen LogP contribution is 2.34. The molecule has 0 spiro atoms. The molecule has 0 saturated carbocycles. The number of hydrogen-bond donors (Lipinski definition) is 0. The first kappa shape index (κ1) is 24.7. The Bertz CT molecular complexity index is 625. The predicted octanol–water partition coefficient (Wildman–Crippen LogP) is 8.74. The minimum atomic E-state index is -0.101. The van der Waals surface area contributed by atoms with Crippen LogP contribution in [-0.2, 0) is 4.79 Å². The lowest BCUT2D eigenvalue weighted by Crippen LogP contribution is -2.09. The fourth-order valence-corrected chi connectivity index (χ4v) is 4.55. The highest BCUT2D eigenvalue weighted by molar-refractivity contribution is 5.73. The summed E-state index contributed by atoms with van der Waals surface area (Å²) in [6.45, 7) is 6.87. The maximum absolute atomic E-state index is 12.0. The minimum absolute atomic E-state index is 0.101. The molecule has 0 amide bonds. The van der Waals surface area contributed by atoms with E-state index in [1.165, 1.54) is 81.8 Å². The van der Waals surface area contributed by atoms with Crippen molar-refractivity contribution in [2.75, 3.05) is 0 Å². The molecule has 0 aromatic heterocycles. The summed E-state index contributed by atoms with van der Waals surface area (Å²) < 4.78 is 5.52. The smallest absolute Gasteiger partial charge is 0.311 e. The van der Waals surface area contributed by atoms with Crippen molar-refractivity contribution in [1.82, 2.24) is 0 Å². The van der Waals surface area contributed by atoms with Crippen LogP contribution in [0.25, 0.3) is 5.57 Å². The molecule has 1 aromatic carbocycles. The molecule has 0 radical (unpaired) electrons. The third-order valence-corrected chi connectivity index (χ3v) is 6.85. The molecule has 1 atom stereocenters. The van der Waals surface area contributed by atoms with Crippen molar-refractivity contribution in [1.29, 1.82) is 0 Å². The molecule has 1 aliphatic rings. The van der Waals surface area contributed by atoms with Crippen LogP contribution in [0.4, 0.5) is 0 Å². The summed E-state index contributed by atoms with van der Waals surface area (Å²) in [5, 5.41) is 0. The summed E-state index contributed by atoms with van der Waals surface area (Å²) in [5.41, 5.74) is 2.74. The Labute approximate surface area is 185 Å². The van der Waals surface area contributed by atoms with E-state index in [1.807, 2.05) is 12.1 Å². The summed E-state index contributed by atoms with van der Waals surface area (Å²) in [6.07, 6.45) is 19.2. The number of carbonyl (C=O) groups is 1. The molecule has 0 heterocycles. The van der Waals surface area contributed by atoms with E-state index in [9.17, 15) is 4.79 Å². The highest BCUT2D eigenvalue weighted by atomic mass is 16.5. The van der Waals surface area contributed by atoms with Gasteiger partial charge >= 0.3 is 5.97 Å². The zero-order valence-corrected chi connectivity index (χ0v) is 19.8. The van der Waals surface area contributed by atoms with Crippen molar-refractivity contribution in [2.24, 2.45) is 11.8 Å². The lowest BCUT2D eigenvalue weighted by atomic mass is 9.82. The van der Waals surface area contributed by atoms with Crippen molar-refractivity contribution < 1.29 is 9.53 Å².